The highest BCUT2D eigenvalue weighted by molar-refractivity contribution is 5.42. The van der Waals surface area contributed by atoms with Crippen LogP contribution in [0, 0.1) is 0 Å². The van der Waals surface area contributed by atoms with Crippen molar-refractivity contribution in [2.24, 2.45) is 0 Å². The Morgan fingerprint density at radius 1 is 1.05 bits per heavy atom. The van der Waals surface area contributed by atoms with Gasteiger partial charge in [0.1, 0.15) is 18.1 Å². The number of phenolic OH excluding ortho intramolecular Hbond substituents is 1. The standard InChI is InChI=1S/C31H47N3O5/c1-5-7-8-30-25(19-35)14-26(39-30)11-9-23-10-12-29(37)31(13-23)38-20-28(33-6-2)27-15-24(18-34-27)21(3)16-32-17-22(4)36/h10,12-15,18,21-22,28,32-37H,5-9,11,16-17,19-20H2,1-4H3/t21-,22+,28+/m1/s1. The van der Waals surface area contributed by atoms with Crippen LogP contribution in [0.1, 0.15) is 86.4 Å². The van der Waals surface area contributed by atoms with E-state index in [9.17, 15) is 15.3 Å². The molecular weight excluding hydrogens is 494 g/mol. The molecule has 3 rings (SSSR count). The molecule has 216 valence electrons. The number of aromatic hydroxyl groups is 1. The molecule has 8 nitrogen and oxygen atoms in total. The number of aryl methyl sites for hydroxylation is 3. The molecule has 2 heterocycles. The van der Waals surface area contributed by atoms with E-state index in [1.807, 2.05) is 24.4 Å². The Labute approximate surface area is 232 Å². The number of furan rings is 1. The summed E-state index contributed by atoms with van der Waals surface area (Å²) in [5.74, 6) is 2.61. The first-order valence-electron chi connectivity index (χ1n) is 14.3. The Bertz CT molecular complexity index is 1120. The van der Waals surface area contributed by atoms with Crippen molar-refractivity contribution in [2.75, 3.05) is 26.2 Å². The molecule has 0 fully saturated rings. The van der Waals surface area contributed by atoms with E-state index in [1.54, 1.807) is 13.0 Å². The van der Waals surface area contributed by atoms with Crippen LogP contribution in [0.5, 0.6) is 11.5 Å². The lowest BCUT2D eigenvalue weighted by atomic mass is 10.0. The summed E-state index contributed by atoms with van der Waals surface area (Å²) in [6.45, 7) is 10.6. The molecule has 1 aromatic carbocycles. The number of ether oxygens (including phenoxy) is 1. The van der Waals surface area contributed by atoms with Gasteiger partial charge >= 0.3 is 0 Å². The van der Waals surface area contributed by atoms with Crippen LogP contribution < -0.4 is 15.4 Å². The summed E-state index contributed by atoms with van der Waals surface area (Å²) >= 11 is 0. The third-order valence-corrected chi connectivity index (χ3v) is 6.98. The summed E-state index contributed by atoms with van der Waals surface area (Å²) in [7, 11) is 0. The van der Waals surface area contributed by atoms with Crippen LogP contribution in [0.15, 0.2) is 40.9 Å². The monoisotopic (exact) mass is 541 g/mol. The number of aromatic nitrogens is 1. The average molecular weight is 542 g/mol. The molecule has 39 heavy (non-hydrogen) atoms. The lowest BCUT2D eigenvalue weighted by Crippen LogP contribution is -2.28. The van der Waals surface area contributed by atoms with Gasteiger partial charge in [0.25, 0.3) is 0 Å². The van der Waals surface area contributed by atoms with E-state index in [-0.39, 0.29) is 24.5 Å². The van der Waals surface area contributed by atoms with E-state index in [0.717, 1.165) is 67.1 Å². The Hall–Kier alpha value is -2.78. The normalized spacial score (nSPS) is 13.9. The van der Waals surface area contributed by atoms with Crippen molar-refractivity contribution in [3.63, 3.8) is 0 Å². The van der Waals surface area contributed by atoms with Crippen LogP contribution in [-0.4, -0.2) is 52.6 Å². The molecule has 0 radical (unpaired) electrons. The molecule has 0 unspecified atom stereocenters. The van der Waals surface area contributed by atoms with Crippen molar-refractivity contribution < 1.29 is 24.5 Å². The SMILES string of the molecule is CCCCc1oc(CCc2ccc(O)c(OC[C@H](NCC)c3cc([C@H](C)CNC[C@H](C)O)c[nH]3)c2)cc1CO. The summed E-state index contributed by atoms with van der Waals surface area (Å²) in [5, 5.41) is 36.4. The van der Waals surface area contributed by atoms with Gasteiger partial charge in [0.05, 0.1) is 18.8 Å². The predicted octanol–water partition coefficient (Wildman–Crippen LogP) is 4.74. The number of aliphatic hydroxyl groups excluding tert-OH is 2. The van der Waals surface area contributed by atoms with Crippen LogP contribution in [0.25, 0.3) is 0 Å². The van der Waals surface area contributed by atoms with E-state index in [1.165, 1.54) is 5.56 Å². The third kappa shape index (κ3) is 9.42. The molecule has 0 aliphatic heterocycles. The molecule has 0 aliphatic rings. The van der Waals surface area contributed by atoms with Crippen LogP contribution in [0.2, 0.25) is 0 Å². The largest absolute Gasteiger partial charge is 0.504 e. The number of hydrogen-bond acceptors (Lipinski definition) is 7. The molecule has 3 atom stereocenters. The highest BCUT2D eigenvalue weighted by Crippen LogP contribution is 2.29. The second kappa shape index (κ2) is 15.7. The van der Waals surface area contributed by atoms with Gasteiger partial charge in [-0.25, -0.2) is 0 Å². The molecule has 0 saturated heterocycles. The first kappa shape index (κ1) is 30.8. The Balaban J connectivity index is 1.60. The number of hydrogen-bond donors (Lipinski definition) is 6. The van der Waals surface area contributed by atoms with Crippen molar-refractivity contribution >= 4 is 0 Å². The Morgan fingerprint density at radius 3 is 2.59 bits per heavy atom. The van der Waals surface area contributed by atoms with E-state index in [2.05, 4.69) is 42.5 Å². The van der Waals surface area contributed by atoms with E-state index >= 15 is 0 Å². The first-order valence-corrected chi connectivity index (χ1v) is 14.3. The minimum atomic E-state index is -0.364. The summed E-state index contributed by atoms with van der Waals surface area (Å²) in [6, 6.07) is 9.52. The Kier molecular flexibility index (Phi) is 12.4. The second-order valence-corrected chi connectivity index (χ2v) is 10.4. The number of H-pyrrole nitrogens is 1. The minimum Gasteiger partial charge on any atom is -0.504 e. The Morgan fingerprint density at radius 2 is 1.87 bits per heavy atom. The second-order valence-electron chi connectivity index (χ2n) is 10.4. The number of rotatable bonds is 18. The number of aliphatic hydroxyl groups is 2. The zero-order valence-electron chi connectivity index (χ0n) is 23.9. The fourth-order valence-corrected chi connectivity index (χ4v) is 4.65. The zero-order valence-corrected chi connectivity index (χ0v) is 23.9. The van der Waals surface area contributed by atoms with Crippen LogP contribution >= 0.6 is 0 Å². The number of unbranched alkanes of at least 4 members (excludes halogenated alkanes) is 1. The average Bonchev–Trinajstić information content (AvgIpc) is 3.57. The van der Waals surface area contributed by atoms with Gasteiger partial charge in [-0.15, -0.1) is 0 Å². The lowest BCUT2D eigenvalue weighted by Gasteiger charge is -2.18. The fraction of sp³-hybridized carbons (Fsp3) is 0.548. The van der Waals surface area contributed by atoms with E-state index in [0.29, 0.717) is 31.2 Å². The molecule has 2 aromatic heterocycles. The molecular formula is C31H47N3O5. The van der Waals surface area contributed by atoms with Gasteiger partial charge in [-0.05, 0) is 67.6 Å². The smallest absolute Gasteiger partial charge is 0.161 e. The summed E-state index contributed by atoms with van der Waals surface area (Å²) in [5.41, 5.74) is 4.14. The van der Waals surface area contributed by atoms with Gasteiger partial charge in [0, 0.05) is 43.4 Å². The van der Waals surface area contributed by atoms with E-state index in [4.69, 9.17) is 9.15 Å². The number of benzene rings is 1. The molecule has 0 amide bonds. The van der Waals surface area contributed by atoms with Crippen molar-refractivity contribution in [3.8, 4) is 11.5 Å². The van der Waals surface area contributed by atoms with Gasteiger partial charge in [0.2, 0.25) is 0 Å². The highest BCUT2D eigenvalue weighted by Gasteiger charge is 2.17. The maximum atomic E-state index is 10.5. The first-order chi connectivity index (χ1) is 18.8. The summed E-state index contributed by atoms with van der Waals surface area (Å²) in [6.07, 6.45) is 6.07. The van der Waals surface area contributed by atoms with Crippen molar-refractivity contribution in [1.82, 2.24) is 15.6 Å². The van der Waals surface area contributed by atoms with Crippen LogP contribution in [0.4, 0.5) is 0 Å². The third-order valence-electron chi connectivity index (χ3n) is 6.98. The zero-order chi connectivity index (χ0) is 28.2. The fourth-order valence-electron chi connectivity index (χ4n) is 4.65. The molecule has 6 N–H and O–H groups in total. The molecule has 0 saturated carbocycles. The number of phenols is 1. The molecule has 0 spiro atoms. The van der Waals surface area contributed by atoms with Crippen LogP contribution in [-0.2, 0) is 25.9 Å². The highest BCUT2D eigenvalue weighted by atomic mass is 16.5. The van der Waals surface area contributed by atoms with Gasteiger partial charge < -0.3 is 40.1 Å². The quantitative estimate of drug-likeness (QED) is 0.138. The topological polar surface area (TPSA) is 123 Å². The van der Waals surface area contributed by atoms with Crippen molar-refractivity contribution in [2.45, 2.75) is 84.5 Å². The lowest BCUT2D eigenvalue weighted by molar-refractivity contribution is 0.191. The number of likely N-dealkylation sites (N-methyl/N-ethyl adjacent to an activating group) is 1. The van der Waals surface area contributed by atoms with Gasteiger partial charge in [-0.1, -0.05) is 33.3 Å². The maximum absolute atomic E-state index is 10.5. The van der Waals surface area contributed by atoms with Gasteiger partial charge in [0.15, 0.2) is 11.5 Å². The van der Waals surface area contributed by atoms with E-state index < -0.39 is 0 Å². The predicted molar refractivity (Wildman–Crippen MR) is 154 cm³/mol. The number of nitrogens with one attached hydrogen (secondary N) is 3. The molecule has 0 aliphatic carbocycles. The molecule has 8 heteroatoms. The maximum Gasteiger partial charge on any atom is 0.161 e. The molecule has 3 aromatic rings. The number of aromatic amines is 1. The molecule has 0 bridgehead atoms. The van der Waals surface area contributed by atoms with Gasteiger partial charge in [-0.3, -0.25) is 0 Å². The van der Waals surface area contributed by atoms with Gasteiger partial charge in [-0.2, -0.15) is 0 Å². The summed E-state index contributed by atoms with van der Waals surface area (Å²) in [4.78, 5) is 3.39. The summed E-state index contributed by atoms with van der Waals surface area (Å²) < 4.78 is 12.1. The van der Waals surface area contributed by atoms with Crippen molar-refractivity contribution in [1.29, 1.82) is 0 Å². The van der Waals surface area contributed by atoms with Crippen LogP contribution in [0.3, 0.4) is 0 Å². The van der Waals surface area contributed by atoms with Crippen molar-refractivity contribution in [3.05, 3.63) is 70.4 Å². The minimum absolute atomic E-state index is 0.00615.